The van der Waals surface area contributed by atoms with Gasteiger partial charge in [-0.25, -0.2) is 0 Å². The molecule has 0 aliphatic carbocycles. The van der Waals surface area contributed by atoms with Gasteiger partial charge in [-0.15, -0.1) is 0 Å². The van der Waals surface area contributed by atoms with Crippen molar-refractivity contribution >= 4 is 10.9 Å². The van der Waals surface area contributed by atoms with Crippen LogP contribution in [-0.2, 0) is 0 Å². The largest absolute Gasteiger partial charge is 0.253 e. The number of rotatable bonds is 6. The maximum atomic E-state index is 4.58. The monoisotopic (exact) mass is 255 g/mol. The first kappa shape index (κ1) is 14.0. The minimum absolute atomic E-state index is 0.706. The zero-order chi connectivity index (χ0) is 13.7. The van der Waals surface area contributed by atoms with E-state index < -0.39 is 0 Å². The number of benzene rings is 1. The maximum Gasteiger partial charge on any atom is 0.0705 e. The van der Waals surface area contributed by atoms with E-state index in [1.54, 1.807) is 0 Å². The van der Waals surface area contributed by atoms with E-state index in [1.807, 2.05) is 6.92 Å². The van der Waals surface area contributed by atoms with E-state index in [9.17, 15) is 0 Å². The van der Waals surface area contributed by atoms with Gasteiger partial charge < -0.3 is 0 Å². The molecule has 0 saturated heterocycles. The van der Waals surface area contributed by atoms with Crippen LogP contribution in [0.5, 0.6) is 0 Å². The van der Waals surface area contributed by atoms with Gasteiger partial charge in [0.05, 0.1) is 5.52 Å². The fourth-order valence-electron chi connectivity index (χ4n) is 2.75. The topological polar surface area (TPSA) is 12.9 Å². The Kier molecular flexibility index (Phi) is 4.95. The quantitative estimate of drug-likeness (QED) is 0.611. The minimum atomic E-state index is 0.706. The van der Waals surface area contributed by atoms with Crippen LogP contribution >= 0.6 is 0 Å². The summed E-state index contributed by atoms with van der Waals surface area (Å²) in [6, 6.07) is 11.1. The molecule has 0 aliphatic heterocycles. The van der Waals surface area contributed by atoms with Crippen molar-refractivity contribution in [2.45, 2.75) is 58.8 Å². The van der Waals surface area contributed by atoms with Crippen LogP contribution in [0.15, 0.2) is 30.3 Å². The Bertz CT molecular complexity index is 530. The highest BCUT2D eigenvalue weighted by molar-refractivity contribution is 5.79. The van der Waals surface area contributed by atoms with Crippen LogP contribution in [0.4, 0.5) is 0 Å². The van der Waals surface area contributed by atoms with Crippen LogP contribution in [0.2, 0.25) is 0 Å². The molecule has 1 nitrogen and oxygen atoms in total. The fraction of sp³-hybridized carbons (Fsp3) is 0.500. The summed E-state index contributed by atoms with van der Waals surface area (Å²) in [5, 5.41) is 1.28. The molecule has 1 atom stereocenters. The molecule has 19 heavy (non-hydrogen) atoms. The highest BCUT2D eigenvalue weighted by Crippen LogP contribution is 2.28. The molecule has 0 aliphatic rings. The SMILES string of the molecule is CCCCCC(CC)c1ccc2nc(C)ccc2c1. The van der Waals surface area contributed by atoms with Gasteiger partial charge >= 0.3 is 0 Å². The second kappa shape index (κ2) is 6.70. The van der Waals surface area contributed by atoms with Gasteiger partial charge in [0.1, 0.15) is 0 Å². The highest BCUT2D eigenvalue weighted by atomic mass is 14.7. The normalized spacial score (nSPS) is 12.8. The first-order valence-electron chi connectivity index (χ1n) is 7.62. The fourth-order valence-corrected chi connectivity index (χ4v) is 2.75. The zero-order valence-corrected chi connectivity index (χ0v) is 12.4. The summed E-state index contributed by atoms with van der Waals surface area (Å²) in [6.45, 7) is 6.62. The van der Waals surface area contributed by atoms with Crippen molar-refractivity contribution < 1.29 is 0 Å². The molecule has 2 rings (SSSR count). The molecule has 0 N–H and O–H groups in total. The molecule has 1 heteroatoms. The predicted molar refractivity (Wildman–Crippen MR) is 83.7 cm³/mol. The third-order valence-corrected chi connectivity index (χ3v) is 3.97. The second-order valence-corrected chi connectivity index (χ2v) is 5.51. The predicted octanol–water partition coefficient (Wildman–Crippen LogP) is 5.62. The van der Waals surface area contributed by atoms with Crippen molar-refractivity contribution in [1.29, 1.82) is 0 Å². The molecule has 1 aromatic carbocycles. The molecule has 2 aromatic rings. The van der Waals surface area contributed by atoms with E-state index in [0.29, 0.717) is 5.92 Å². The summed E-state index contributed by atoms with van der Waals surface area (Å²) in [4.78, 5) is 4.58. The van der Waals surface area contributed by atoms with Gasteiger partial charge in [-0.2, -0.15) is 0 Å². The highest BCUT2D eigenvalue weighted by Gasteiger charge is 2.09. The first-order valence-corrected chi connectivity index (χ1v) is 7.62. The number of aromatic nitrogens is 1. The van der Waals surface area contributed by atoms with E-state index in [-0.39, 0.29) is 0 Å². The van der Waals surface area contributed by atoms with Gasteiger partial charge in [0, 0.05) is 11.1 Å². The average Bonchev–Trinajstić information content (AvgIpc) is 2.43. The van der Waals surface area contributed by atoms with Gasteiger partial charge in [-0.05, 0) is 49.4 Å². The molecular weight excluding hydrogens is 230 g/mol. The van der Waals surface area contributed by atoms with Crippen molar-refractivity contribution in [3.63, 3.8) is 0 Å². The van der Waals surface area contributed by atoms with Crippen LogP contribution in [0.25, 0.3) is 10.9 Å². The van der Waals surface area contributed by atoms with Gasteiger partial charge in [-0.1, -0.05) is 45.2 Å². The number of pyridine rings is 1. The Morgan fingerprint density at radius 2 is 1.89 bits per heavy atom. The molecule has 102 valence electrons. The zero-order valence-electron chi connectivity index (χ0n) is 12.4. The number of nitrogens with zero attached hydrogens (tertiary/aromatic N) is 1. The summed E-state index contributed by atoms with van der Waals surface area (Å²) in [6.07, 6.45) is 6.55. The minimum Gasteiger partial charge on any atom is -0.253 e. The summed E-state index contributed by atoms with van der Waals surface area (Å²) in [7, 11) is 0. The summed E-state index contributed by atoms with van der Waals surface area (Å²) in [5.41, 5.74) is 3.69. The lowest BCUT2D eigenvalue weighted by molar-refractivity contribution is 0.554. The third-order valence-electron chi connectivity index (χ3n) is 3.97. The molecule has 0 bridgehead atoms. The number of unbranched alkanes of at least 4 members (excludes halogenated alkanes) is 2. The van der Waals surface area contributed by atoms with Gasteiger partial charge in [0.15, 0.2) is 0 Å². The van der Waals surface area contributed by atoms with Gasteiger partial charge in [0.2, 0.25) is 0 Å². The average molecular weight is 255 g/mol. The van der Waals surface area contributed by atoms with E-state index in [4.69, 9.17) is 0 Å². The molecular formula is C18H25N. The Hall–Kier alpha value is -1.37. The summed E-state index contributed by atoms with van der Waals surface area (Å²) >= 11 is 0. The lowest BCUT2D eigenvalue weighted by atomic mass is 9.90. The molecule has 1 heterocycles. The van der Waals surface area contributed by atoms with Gasteiger partial charge in [0.25, 0.3) is 0 Å². The van der Waals surface area contributed by atoms with Crippen LogP contribution in [0.3, 0.4) is 0 Å². The molecule has 1 unspecified atom stereocenters. The standard InChI is InChI=1S/C18H25N/c1-4-6-7-8-15(5-2)16-11-12-18-17(13-16)10-9-14(3)19-18/h9-13,15H,4-8H2,1-3H3. The van der Waals surface area contributed by atoms with Crippen LogP contribution in [0, 0.1) is 6.92 Å². The van der Waals surface area contributed by atoms with Crippen LogP contribution in [0.1, 0.15) is 63.1 Å². The molecule has 0 fully saturated rings. The van der Waals surface area contributed by atoms with E-state index in [1.165, 1.54) is 43.1 Å². The van der Waals surface area contributed by atoms with E-state index >= 15 is 0 Å². The number of hydrogen-bond acceptors (Lipinski definition) is 1. The van der Waals surface area contributed by atoms with Gasteiger partial charge in [-0.3, -0.25) is 4.98 Å². The van der Waals surface area contributed by atoms with E-state index in [2.05, 4.69) is 49.2 Å². The van der Waals surface area contributed by atoms with Crippen molar-refractivity contribution in [1.82, 2.24) is 4.98 Å². The smallest absolute Gasteiger partial charge is 0.0705 e. The summed E-state index contributed by atoms with van der Waals surface area (Å²) < 4.78 is 0. The Balaban J connectivity index is 2.20. The Morgan fingerprint density at radius 1 is 1.05 bits per heavy atom. The first-order chi connectivity index (χ1) is 9.24. The van der Waals surface area contributed by atoms with E-state index in [0.717, 1.165) is 11.2 Å². The molecule has 0 radical (unpaired) electrons. The van der Waals surface area contributed by atoms with Crippen molar-refractivity contribution in [3.8, 4) is 0 Å². The second-order valence-electron chi connectivity index (χ2n) is 5.51. The maximum absolute atomic E-state index is 4.58. The van der Waals surface area contributed by atoms with Crippen molar-refractivity contribution in [2.75, 3.05) is 0 Å². The van der Waals surface area contributed by atoms with Crippen LogP contribution in [-0.4, -0.2) is 4.98 Å². The number of aryl methyl sites for hydroxylation is 1. The molecule has 0 saturated carbocycles. The van der Waals surface area contributed by atoms with Crippen molar-refractivity contribution in [2.24, 2.45) is 0 Å². The Morgan fingerprint density at radius 3 is 2.63 bits per heavy atom. The Labute approximate surface area is 117 Å². The summed E-state index contributed by atoms with van der Waals surface area (Å²) in [5.74, 6) is 0.706. The lowest BCUT2D eigenvalue weighted by Crippen LogP contribution is -1.98. The molecule has 0 spiro atoms. The third kappa shape index (κ3) is 3.56. The number of hydrogen-bond donors (Lipinski definition) is 0. The molecule has 0 amide bonds. The van der Waals surface area contributed by atoms with Crippen molar-refractivity contribution in [3.05, 3.63) is 41.6 Å². The molecule has 1 aromatic heterocycles. The lowest BCUT2D eigenvalue weighted by Gasteiger charge is -2.15. The van der Waals surface area contributed by atoms with Crippen LogP contribution < -0.4 is 0 Å². The number of fused-ring (bicyclic) bond motifs is 1.